The highest BCUT2D eigenvalue weighted by Gasteiger charge is 2.57. The molecule has 3 aliphatic rings. The third-order valence-electron chi connectivity index (χ3n) is 6.58. The van der Waals surface area contributed by atoms with E-state index >= 15 is 0 Å². The van der Waals surface area contributed by atoms with Gasteiger partial charge in [0.05, 0.1) is 12.2 Å². The molecule has 0 saturated heterocycles. The van der Waals surface area contributed by atoms with Crippen LogP contribution in [-0.2, 0) is 4.79 Å². The van der Waals surface area contributed by atoms with Crippen molar-refractivity contribution in [2.75, 3.05) is 0 Å². The molecule has 5 atom stereocenters. The van der Waals surface area contributed by atoms with Gasteiger partial charge >= 0.3 is 0 Å². The Balaban J connectivity index is 1.57. The second-order valence-electron chi connectivity index (χ2n) is 8.03. The SMILES string of the molecule is C[C@]12CC[C@@H](O)[C@H](/C=C/[C@@H](O)CC3CCCCC3)[C@H]1CC2=O. The third-order valence-corrected chi connectivity index (χ3v) is 6.58. The average molecular weight is 306 g/mol. The lowest BCUT2D eigenvalue weighted by Gasteiger charge is -2.53. The molecule has 3 fully saturated rings. The van der Waals surface area contributed by atoms with E-state index in [2.05, 4.69) is 6.92 Å². The van der Waals surface area contributed by atoms with E-state index in [1.807, 2.05) is 12.2 Å². The highest BCUT2D eigenvalue weighted by Crippen LogP contribution is 2.55. The summed E-state index contributed by atoms with van der Waals surface area (Å²) in [6.07, 6.45) is 12.5. The molecule has 3 saturated carbocycles. The largest absolute Gasteiger partial charge is 0.393 e. The molecule has 0 heterocycles. The molecule has 0 radical (unpaired) electrons. The highest BCUT2D eigenvalue weighted by atomic mass is 16.3. The maximum Gasteiger partial charge on any atom is 0.139 e. The first-order valence-corrected chi connectivity index (χ1v) is 9.08. The maximum atomic E-state index is 11.9. The van der Waals surface area contributed by atoms with Gasteiger partial charge in [-0.1, -0.05) is 51.2 Å². The molecule has 0 bridgehead atoms. The van der Waals surface area contributed by atoms with Crippen LogP contribution in [0.5, 0.6) is 0 Å². The van der Waals surface area contributed by atoms with Crippen LogP contribution in [-0.4, -0.2) is 28.2 Å². The molecule has 3 rings (SSSR count). The molecule has 0 aromatic heterocycles. The van der Waals surface area contributed by atoms with Crippen LogP contribution in [0.1, 0.15) is 64.7 Å². The van der Waals surface area contributed by atoms with Crippen LogP contribution < -0.4 is 0 Å². The Hall–Kier alpha value is -0.670. The van der Waals surface area contributed by atoms with Gasteiger partial charge in [-0.25, -0.2) is 0 Å². The number of fused-ring (bicyclic) bond motifs is 1. The minimum absolute atomic E-state index is 0.0393. The minimum atomic E-state index is -0.403. The molecule has 0 aliphatic heterocycles. The molecule has 3 nitrogen and oxygen atoms in total. The van der Waals surface area contributed by atoms with Gasteiger partial charge in [-0.2, -0.15) is 0 Å². The van der Waals surface area contributed by atoms with Gasteiger partial charge in [-0.3, -0.25) is 4.79 Å². The van der Waals surface area contributed by atoms with Crippen molar-refractivity contribution >= 4 is 5.78 Å². The van der Waals surface area contributed by atoms with Crippen molar-refractivity contribution in [2.45, 2.75) is 76.9 Å². The van der Waals surface area contributed by atoms with Gasteiger partial charge in [0.25, 0.3) is 0 Å². The van der Waals surface area contributed by atoms with Crippen molar-refractivity contribution in [3.05, 3.63) is 12.2 Å². The number of carbonyl (C=O) groups excluding carboxylic acids is 1. The van der Waals surface area contributed by atoms with Crippen LogP contribution in [0.15, 0.2) is 12.2 Å². The van der Waals surface area contributed by atoms with Crippen molar-refractivity contribution in [3.8, 4) is 0 Å². The molecule has 3 heteroatoms. The molecular weight excluding hydrogens is 276 g/mol. The highest BCUT2D eigenvalue weighted by molar-refractivity contribution is 5.91. The first-order chi connectivity index (χ1) is 10.5. The molecule has 0 aromatic carbocycles. The molecule has 22 heavy (non-hydrogen) atoms. The van der Waals surface area contributed by atoms with Crippen molar-refractivity contribution in [1.82, 2.24) is 0 Å². The van der Waals surface area contributed by atoms with Gasteiger partial charge in [-0.05, 0) is 31.1 Å². The lowest BCUT2D eigenvalue weighted by molar-refractivity contribution is -0.157. The minimum Gasteiger partial charge on any atom is -0.393 e. The molecule has 0 spiro atoms. The van der Waals surface area contributed by atoms with Crippen molar-refractivity contribution in [3.63, 3.8) is 0 Å². The first-order valence-electron chi connectivity index (χ1n) is 9.08. The summed E-state index contributed by atoms with van der Waals surface area (Å²) in [7, 11) is 0. The summed E-state index contributed by atoms with van der Waals surface area (Å²) in [5.41, 5.74) is -0.220. The predicted octanol–water partition coefficient (Wildman–Crippen LogP) is 3.24. The fraction of sp³-hybridized carbons (Fsp3) is 0.842. The monoisotopic (exact) mass is 306 g/mol. The molecule has 0 amide bonds. The van der Waals surface area contributed by atoms with E-state index in [-0.39, 0.29) is 23.4 Å². The zero-order valence-electron chi connectivity index (χ0n) is 13.7. The molecule has 124 valence electrons. The van der Waals surface area contributed by atoms with E-state index in [0.717, 1.165) is 12.8 Å². The fourth-order valence-corrected chi connectivity index (χ4v) is 4.89. The Morgan fingerprint density at radius 1 is 1.27 bits per heavy atom. The van der Waals surface area contributed by atoms with Crippen LogP contribution >= 0.6 is 0 Å². The van der Waals surface area contributed by atoms with E-state index in [9.17, 15) is 15.0 Å². The predicted molar refractivity (Wildman–Crippen MR) is 86.3 cm³/mol. The van der Waals surface area contributed by atoms with Gasteiger partial charge < -0.3 is 10.2 Å². The standard InChI is InChI=1S/C19H30O3/c1-19-10-9-17(21)15(16(19)12-18(19)22)8-7-14(20)11-13-5-3-2-4-6-13/h7-8,13-17,20-21H,2-6,9-12H2,1H3/b8-7+/t14-,15-,16-,17-,19+/m1/s1. The Kier molecular flexibility index (Phi) is 4.75. The first kappa shape index (κ1) is 16.2. The van der Waals surface area contributed by atoms with Gasteiger partial charge in [0, 0.05) is 17.8 Å². The van der Waals surface area contributed by atoms with Gasteiger partial charge in [0.2, 0.25) is 0 Å². The van der Waals surface area contributed by atoms with Crippen molar-refractivity contribution in [2.24, 2.45) is 23.2 Å². The van der Waals surface area contributed by atoms with E-state index in [4.69, 9.17) is 0 Å². The quantitative estimate of drug-likeness (QED) is 0.784. The topological polar surface area (TPSA) is 57.5 Å². The number of hydrogen-bond donors (Lipinski definition) is 2. The van der Waals surface area contributed by atoms with E-state index < -0.39 is 6.10 Å². The van der Waals surface area contributed by atoms with Crippen LogP contribution in [0.25, 0.3) is 0 Å². The van der Waals surface area contributed by atoms with Crippen LogP contribution in [0.4, 0.5) is 0 Å². The lowest BCUT2D eigenvalue weighted by atomic mass is 9.50. The summed E-state index contributed by atoms with van der Waals surface area (Å²) >= 11 is 0. The Morgan fingerprint density at radius 3 is 2.68 bits per heavy atom. The Bertz CT molecular complexity index is 438. The Labute approximate surface area is 133 Å². The van der Waals surface area contributed by atoms with Gasteiger partial charge in [0.1, 0.15) is 5.78 Å². The lowest BCUT2D eigenvalue weighted by Crippen LogP contribution is -2.56. The number of carbonyl (C=O) groups is 1. The van der Waals surface area contributed by atoms with Gasteiger partial charge in [0.15, 0.2) is 0 Å². The number of aliphatic hydroxyl groups excluding tert-OH is 2. The summed E-state index contributed by atoms with van der Waals surface area (Å²) in [4.78, 5) is 11.9. The smallest absolute Gasteiger partial charge is 0.139 e. The van der Waals surface area contributed by atoms with Crippen LogP contribution in [0.2, 0.25) is 0 Å². The maximum absolute atomic E-state index is 11.9. The van der Waals surface area contributed by atoms with Crippen molar-refractivity contribution in [1.29, 1.82) is 0 Å². The van der Waals surface area contributed by atoms with E-state index in [0.29, 0.717) is 24.5 Å². The number of hydrogen-bond acceptors (Lipinski definition) is 3. The average Bonchev–Trinajstić information content (AvgIpc) is 2.51. The molecular formula is C19H30O3. The number of aliphatic hydroxyl groups is 2. The zero-order valence-corrected chi connectivity index (χ0v) is 13.7. The normalized spacial score (nSPS) is 41.2. The molecule has 2 N–H and O–H groups in total. The Morgan fingerprint density at radius 2 is 2.00 bits per heavy atom. The van der Waals surface area contributed by atoms with Gasteiger partial charge in [-0.15, -0.1) is 0 Å². The summed E-state index contributed by atoms with van der Waals surface area (Å²) in [5.74, 6) is 1.31. The fourth-order valence-electron chi connectivity index (χ4n) is 4.89. The van der Waals surface area contributed by atoms with E-state index in [1.54, 1.807) is 0 Å². The molecule has 0 aromatic rings. The third kappa shape index (κ3) is 3.03. The second kappa shape index (κ2) is 6.45. The van der Waals surface area contributed by atoms with Crippen LogP contribution in [0, 0.1) is 23.2 Å². The number of rotatable bonds is 4. The summed E-state index contributed by atoms with van der Waals surface area (Å²) in [6, 6.07) is 0. The zero-order chi connectivity index (χ0) is 15.7. The molecule has 3 aliphatic carbocycles. The summed E-state index contributed by atoms with van der Waals surface area (Å²) in [5, 5.41) is 20.6. The number of ketones is 1. The van der Waals surface area contributed by atoms with E-state index in [1.165, 1.54) is 32.1 Å². The van der Waals surface area contributed by atoms with Crippen LogP contribution in [0.3, 0.4) is 0 Å². The number of Topliss-reactive ketones (excluding diaryl/α,β-unsaturated/α-hetero) is 1. The molecule has 0 unspecified atom stereocenters. The summed E-state index contributed by atoms with van der Waals surface area (Å²) in [6.45, 7) is 2.05. The van der Waals surface area contributed by atoms with Crippen molar-refractivity contribution < 1.29 is 15.0 Å². The summed E-state index contributed by atoms with van der Waals surface area (Å²) < 4.78 is 0. The second-order valence-corrected chi connectivity index (χ2v) is 8.03.